The highest BCUT2D eigenvalue weighted by Gasteiger charge is 2.44. The van der Waals surface area contributed by atoms with Gasteiger partial charge in [-0.25, -0.2) is 4.79 Å². The number of H-pyrrole nitrogens is 1. The van der Waals surface area contributed by atoms with Crippen molar-refractivity contribution in [1.29, 1.82) is 0 Å². The first-order valence-electron chi connectivity index (χ1n) is 11.6. The summed E-state index contributed by atoms with van der Waals surface area (Å²) < 4.78 is 15.6. The molecule has 0 bridgehead atoms. The maximum atomic E-state index is 13.9. The fraction of sp³-hybridized carbons (Fsp3) is 0.423. The molecule has 2 heterocycles. The van der Waals surface area contributed by atoms with E-state index in [9.17, 15) is 19.5 Å². The van der Waals surface area contributed by atoms with Gasteiger partial charge in [0.25, 0.3) is 5.91 Å². The smallest absolute Gasteiger partial charge is 0.354 e. The van der Waals surface area contributed by atoms with Gasteiger partial charge >= 0.3 is 5.97 Å². The Morgan fingerprint density at radius 1 is 1.11 bits per heavy atom. The Morgan fingerprint density at radius 3 is 2.36 bits per heavy atom. The number of likely N-dealkylation sites (tertiary alicyclic amines) is 1. The number of quaternary nitrogens is 1. The number of ketones is 1. The second kappa shape index (κ2) is 10.9. The van der Waals surface area contributed by atoms with E-state index >= 15 is 0 Å². The summed E-state index contributed by atoms with van der Waals surface area (Å²) in [4.78, 5) is 44.2. The molecule has 1 aromatic heterocycles. The number of carbonyl (C=O) groups excluding carboxylic acids is 3. The van der Waals surface area contributed by atoms with Gasteiger partial charge in [0.2, 0.25) is 5.78 Å². The van der Waals surface area contributed by atoms with Gasteiger partial charge < -0.3 is 34.1 Å². The summed E-state index contributed by atoms with van der Waals surface area (Å²) in [5.41, 5.74) is 1.46. The number of carbonyl (C=O) groups is 3. The van der Waals surface area contributed by atoms with Gasteiger partial charge in [0.05, 0.1) is 48.0 Å². The lowest BCUT2D eigenvalue weighted by Crippen LogP contribution is -3.05. The van der Waals surface area contributed by atoms with Crippen molar-refractivity contribution >= 4 is 23.4 Å². The standard InChI is InChI=1S/C26H33N3O7/c1-14-19(15(2)27-21(14)26(33)36-7)23(30)20-22(16-9-10-17(34-5)18(13-16)35-6)29(25(32)24(20)31)12-8-11-28(3)4/h9-10,13,22,27,30H,8,11-12H2,1-7H3/b23-20+. The molecule has 2 aromatic rings. The highest BCUT2D eigenvalue weighted by molar-refractivity contribution is 6.46. The molecule has 1 fully saturated rings. The minimum Gasteiger partial charge on any atom is -0.872 e. The Kier molecular flexibility index (Phi) is 8.09. The third kappa shape index (κ3) is 4.81. The van der Waals surface area contributed by atoms with E-state index in [1.54, 1.807) is 32.0 Å². The number of hydrogen-bond donors (Lipinski definition) is 2. The molecule has 1 saturated heterocycles. The van der Waals surface area contributed by atoms with Crippen molar-refractivity contribution in [1.82, 2.24) is 9.88 Å². The van der Waals surface area contributed by atoms with E-state index in [4.69, 9.17) is 14.2 Å². The molecule has 0 saturated carbocycles. The Hall–Kier alpha value is -3.79. The molecule has 1 unspecified atom stereocenters. The summed E-state index contributed by atoms with van der Waals surface area (Å²) in [5, 5.41) is 13.9. The van der Waals surface area contributed by atoms with Crippen LogP contribution in [0.4, 0.5) is 0 Å². The van der Waals surface area contributed by atoms with Crippen LogP contribution in [0.1, 0.15) is 45.3 Å². The quantitative estimate of drug-likeness (QED) is 0.218. The van der Waals surface area contributed by atoms with Gasteiger partial charge in [0.1, 0.15) is 5.69 Å². The number of benzene rings is 1. The third-order valence-corrected chi connectivity index (χ3v) is 6.38. The van der Waals surface area contributed by atoms with E-state index in [1.807, 2.05) is 14.1 Å². The summed E-state index contributed by atoms with van der Waals surface area (Å²) in [6.45, 7) is 4.31. The topological polar surface area (TPSA) is 125 Å². The zero-order valence-electron chi connectivity index (χ0n) is 21.7. The van der Waals surface area contributed by atoms with Crippen molar-refractivity contribution in [2.24, 2.45) is 0 Å². The van der Waals surface area contributed by atoms with Crippen molar-refractivity contribution in [3.05, 3.63) is 51.9 Å². The number of methoxy groups -OCH3 is 3. The Balaban J connectivity index is 2.22. The number of Topliss-reactive ketones (excluding diaryl/α,β-unsaturated/α-hetero) is 1. The summed E-state index contributed by atoms with van der Waals surface area (Å²) in [5.74, 6) is -1.92. The molecule has 10 heteroatoms. The van der Waals surface area contributed by atoms with Gasteiger partial charge in [-0.15, -0.1) is 0 Å². The number of hydrogen-bond acceptors (Lipinski definition) is 7. The second-order valence-electron chi connectivity index (χ2n) is 9.01. The molecule has 3 rings (SSSR count). The van der Waals surface area contributed by atoms with Gasteiger partial charge in [-0.1, -0.05) is 11.8 Å². The van der Waals surface area contributed by atoms with Crippen molar-refractivity contribution in [2.75, 3.05) is 48.5 Å². The number of nitrogens with zero attached hydrogens (tertiary/aromatic N) is 1. The molecule has 36 heavy (non-hydrogen) atoms. The lowest BCUT2D eigenvalue weighted by molar-refractivity contribution is -0.858. The molecule has 10 nitrogen and oxygen atoms in total. The number of esters is 1. The lowest BCUT2D eigenvalue weighted by atomic mass is 9.93. The number of nitrogens with one attached hydrogen (secondary N) is 2. The Morgan fingerprint density at radius 2 is 1.78 bits per heavy atom. The number of aromatic amines is 1. The summed E-state index contributed by atoms with van der Waals surface area (Å²) in [6.07, 6.45) is 0.640. The van der Waals surface area contributed by atoms with Crippen molar-refractivity contribution in [3.63, 3.8) is 0 Å². The van der Waals surface area contributed by atoms with Crippen LogP contribution in [0.15, 0.2) is 23.8 Å². The van der Waals surface area contributed by atoms with Crippen molar-refractivity contribution in [3.8, 4) is 11.5 Å². The average molecular weight is 500 g/mol. The first kappa shape index (κ1) is 26.8. The van der Waals surface area contributed by atoms with Gasteiger partial charge in [0, 0.05) is 24.2 Å². The molecule has 0 radical (unpaired) electrons. The molecule has 0 aliphatic carbocycles. The van der Waals surface area contributed by atoms with E-state index in [2.05, 4.69) is 4.98 Å². The van der Waals surface area contributed by atoms with Crippen LogP contribution in [0.5, 0.6) is 11.5 Å². The first-order chi connectivity index (χ1) is 17.1. The van der Waals surface area contributed by atoms with Crippen LogP contribution in [0.3, 0.4) is 0 Å². The van der Waals surface area contributed by atoms with Gasteiger partial charge in [-0.05, 0) is 42.7 Å². The molecule has 2 N–H and O–H groups in total. The minimum absolute atomic E-state index is 0.129. The van der Waals surface area contributed by atoms with E-state index in [0.29, 0.717) is 41.3 Å². The summed E-state index contributed by atoms with van der Waals surface area (Å²) in [6, 6.07) is 4.15. The number of rotatable bonds is 9. The first-order valence-corrected chi connectivity index (χ1v) is 11.6. The molecule has 1 aromatic carbocycles. The predicted octanol–water partition coefficient (Wildman–Crippen LogP) is 0.194. The lowest BCUT2D eigenvalue weighted by Gasteiger charge is -2.28. The van der Waals surface area contributed by atoms with Crippen LogP contribution in [-0.4, -0.2) is 76.1 Å². The fourth-order valence-electron chi connectivity index (χ4n) is 4.60. The fourth-order valence-corrected chi connectivity index (χ4v) is 4.60. The van der Waals surface area contributed by atoms with E-state index < -0.39 is 29.5 Å². The molecule has 1 atom stereocenters. The Labute approximate surface area is 210 Å². The van der Waals surface area contributed by atoms with Crippen molar-refractivity contribution < 1.29 is 38.6 Å². The highest BCUT2D eigenvalue weighted by Crippen LogP contribution is 2.42. The molecule has 1 aliphatic heterocycles. The van der Waals surface area contributed by atoms with E-state index in [1.165, 1.54) is 31.1 Å². The largest absolute Gasteiger partial charge is 0.872 e. The normalized spacial score (nSPS) is 17.1. The zero-order valence-corrected chi connectivity index (χ0v) is 21.7. The minimum atomic E-state index is -0.912. The van der Waals surface area contributed by atoms with Crippen LogP contribution in [-0.2, 0) is 14.3 Å². The maximum Gasteiger partial charge on any atom is 0.354 e. The van der Waals surface area contributed by atoms with Crippen LogP contribution < -0.4 is 19.5 Å². The maximum absolute atomic E-state index is 13.9. The molecular weight excluding hydrogens is 466 g/mol. The summed E-state index contributed by atoms with van der Waals surface area (Å²) in [7, 11) is 8.24. The number of aromatic nitrogens is 1. The van der Waals surface area contributed by atoms with E-state index in [0.717, 1.165) is 6.54 Å². The van der Waals surface area contributed by atoms with Crippen molar-refractivity contribution in [2.45, 2.75) is 26.3 Å². The van der Waals surface area contributed by atoms with E-state index in [-0.39, 0.29) is 16.8 Å². The summed E-state index contributed by atoms with van der Waals surface area (Å²) >= 11 is 0. The molecular formula is C26H33N3O7. The highest BCUT2D eigenvalue weighted by atomic mass is 16.5. The van der Waals surface area contributed by atoms with Gasteiger partial charge in [-0.2, -0.15) is 0 Å². The molecule has 0 spiro atoms. The average Bonchev–Trinajstić information content (AvgIpc) is 3.29. The Bertz CT molecular complexity index is 1210. The molecule has 1 amide bonds. The second-order valence-corrected chi connectivity index (χ2v) is 9.01. The van der Waals surface area contributed by atoms with Gasteiger partial charge in [0.15, 0.2) is 11.5 Å². The zero-order chi connectivity index (χ0) is 26.7. The SMILES string of the molecule is COC(=O)c1[nH]c(C)c(/C([O-])=C2\C(=O)C(=O)N(CCC[NH+](C)C)C2c2ccc(OC)c(OC)c2)c1C. The van der Waals surface area contributed by atoms with Crippen LogP contribution >= 0.6 is 0 Å². The molecule has 1 aliphatic rings. The van der Waals surface area contributed by atoms with Gasteiger partial charge in [-0.3, -0.25) is 9.59 Å². The third-order valence-electron chi connectivity index (χ3n) is 6.38. The molecule has 194 valence electrons. The predicted molar refractivity (Wildman–Crippen MR) is 130 cm³/mol. The van der Waals surface area contributed by atoms with Crippen LogP contribution in [0.2, 0.25) is 0 Å². The number of ether oxygens (including phenoxy) is 3. The van der Waals surface area contributed by atoms with Crippen LogP contribution in [0, 0.1) is 13.8 Å². The van der Waals surface area contributed by atoms with Crippen LogP contribution in [0.25, 0.3) is 5.76 Å². The monoisotopic (exact) mass is 499 g/mol. The number of amides is 1. The number of aryl methyl sites for hydroxylation is 1.